The standard InChI is InChI=1S/C17H24N2O4/c1-21-10-13-9-17(11-22-13)4-6-19(7-5-17)16(20)14-8-15(23-18-14)12-2-3-12/h8,12-13H,2-7,9-11H2,1H3/t13-/m1/s1. The number of methoxy groups -OCH3 is 1. The monoisotopic (exact) mass is 320 g/mol. The maximum atomic E-state index is 12.6. The Balaban J connectivity index is 1.34. The van der Waals surface area contributed by atoms with Gasteiger partial charge in [-0.2, -0.15) is 0 Å². The minimum absolute atomic E-state index is 0.00265. The second-order valence-electron chi connectivity index (χ2n) is 7.27. The van der Waals surface area contributed by atoms with Gasteiger partial charge in [0, 0.05) is 32.2 Å². The zero-order valence-electron chi connectivity index (χ0n) is 13.6. The van der Waals surface area contributed by atoms with Gasteiger partial charge in [-0.15, -0.1) is 0 Å². The summed E-state index contributed by atoms with van der Waals surface area (Å²) in [4.78, 5) is 14.5. The number of rotatable bonds is 4. The molecular formula is C17H24N2O4. The largest absolute Gasteiger partial charge is 0.382 e. The molecule has 6 heteroatoms. The average Bonchev–Trinajstić information content (AvgIpc) is 3.17. The lowest BCUT2D eigenvalue weighted by Gasteiger charge is -2.38. The molecule has 1 spiro atoms. The topological polar surface area (TPSA) is 64.8 Å². The molecule has 6 nitrogen and oxygen atoms in total. The molecule has 1 aromatic heterocycles. The molecule has 1 aromatic rings. The Labute approximate surface area is 136 Å². The third kappa shape index (κ3) is 3.02. The first kappa shape index (κ1) is 15.1. The van der Waals surface area contributed by atoms with Crippen molar-refractivity contribution in [3.05, 3.63) is 17.5 Å². The van der Waals surface area contributed by atoms with Crippen molar-refractivity contribution in [3.63, 3.8) is 0 Å². The number of amides is 1. The highest BCUT2D eigenvalue weighted by Gasteiger charge is 2.43. The van der Waals surface area contributed by atoms with Crippen molar-refractivity contribution < 1.29 is 18.8 Å². The minimum atomic E-state index is 0.00265. The molecular weight excluding hydrogens is 296 g/mol. The van der Waals surface area contributed by atoms with Crippen molar-refractivity contribution in [1.29, 1.82) is 0 Å². The maximum absolute atomic E-state index is 12.6. The molecule has 23 heavy (non-hydrogen) atoms. The Bertz CT molecular complexity index is 573. The predicted molar refractivity (Wildman–Crippen MR) is 82.3 cm³/mol. The van der Waals surface area contributed by atoms with Crippen LogP contribution in [0.5, 0.6) is 0 Å². The van der Waals surface area contributed by atoms with Crippen LogP contribution in [0, 0.1) is 5.41 Å². The second kappa shape index (κ2) is 5.91. The SMILES string of the molecule is COC[C@H]1CC2(CCN(C(=O)c3cc(C4CC4)on3)CC2)CO1. The van der Waals surface area contributed by atoms with E-state index < -0.39 is 0 Å². The van der Waals surface area contributed by atoms with E-state index in [1.54, 1.807) is 7.11 Å². The molecule has 0 unspecified atom stereocenters. The Kier molecular flexibility index (Phi) is 3.89. The predicted octanol–water partition coefficient (Wildman–Crippen LogP) is 2.21. The van der Waals surface area contributed by atoms with E-state index in [0.717, 1.165) is 57.6 Å². The first-order chi connectivity index (χ1) is 11.2. The first-order valence-electron chi connectivity index (χ1n) is 8.56. The average molecular weight is 320 g/mol. The Morgan fingerprint density at radius 2 is 2.22 bits per heavy atom. The highest BCUT2D eigenvalue weighted by atomic mass is 16.5. The number of carbonyl (C=O) groups excluding carboxylic acids is 1. The molecule has 1 atom stereocenters. The third-order valence-electron chi connectivity index (χ3n) is 5.48. The van der Waals surface area contributed by atoms with E-state index in [1.807, 2.05) is 11.0 Å². The summed E-state index contributed by atoms with van der Waals surface area (Å²) in [6.45, 7) is 2.99. The van der Waals surface area contributed by atoms with E-state index in [9.17, 15) is 4.79 Å². The van der Waals surface area contributed by atoms with Crippen molar-refractivity contribution in [1.82, 2.24) is 10.1 Å². The zero-order valence-corrected chi connectivity index (χ0v) is 13.6. The summed E-state index contributed by atoms with van der Waals surface area (Å²) in [5.74, 6) is 1.36. The summed E-state index contributed by atoms with van der Waals surface area (Å²) < 4.78 is 16.3. The molecule has 0 N–H and O–H groups in total. The normalized spacial score (nSPS) is 26.8. The fourth-order valence-electron chi connectivity index (χ4n) is 3.83. The smallest absolute Gasteiger partial charge is 0.276 e. The third-order valence-corrected chi connectivity index (χ3v) is 5.48. The summed E-state index contributed by atoms with van der Waals surface area (Å²) in [6.07, 6.45) is 5.53. The van der Waals surface area contributed by atoms with Crippen LogP contribution in [0.3, 0.4) is 0 Å². The molecule has 126 valence electrons. The minimum Gasteiger partial charge on any atom is -0.382 e. The molecule has 4 rings (SSSR count). The van der Waals surface area contributed by atoms with Gasteiger partial charge < -0.3 is 18.9 Å². The molecule has 3 heterocycles. The fraction of sp³-hybridized carbons (Fsp3) is 0.765. The fourth-order valence-corrected chi connectivity index (χ4v) is 3.83. The van der Waals surface area contributed by atoms with Gasteiger partial charge in [0.15, 0.2) is 5.69 Å². The van der Waals surface area contributed by atoms with Crippen LogP contribution in [-0.2, 0) is 9.47 Å². The van der Waals surface area contributed by atoms with Gasteiger partial charge >= 0.3 is 0 Å². The molecule has 2 aliphatic heterocycles. The molecule has 0 bridgehead atoms. The number of hydrogen-bond donors (Lipinski definition) is 0. The molecule has 1 aliphatic carbocycles. The molecule has 3 aliphatic rings. The van der Waals surface area contributed by atoms with Crippen LogP contribution in [0.25, 0.3) is 0 Å². The highest BCUT2D eigenvalue weighted by Crippen LogP contribution is 2.43. The summed E-state index contributed by atoms with van der Waals surface area (Å²) in [6, 6.07) is 1.83. The van der Waals surface area contributed by atoms with Crippen LogP contribution in [0.2, 0.25) is 0 Å². The molecule has 0 aromatic carbocycles. The van der Waals surface area contributed by atoms with Crippen LogP contribution in [0.1, 0.15) is 54.3 Å². The molecule has 2 saturated heterocycles. The van der Waals surface area contributed by atoms with E-state index in [2.05, 4.69) is 5.16 Å². The van der Waals surface area contributed by atoms with Crippen LogP contribution in [0.4, 0.5) is 0 Å². The van der Waals surface area contributed by atoms with Crippen LogP contribution < -0.4 is 0 Å². The summed E-state index contributed by atoms with van der Waals surface area (Å²) in [5.41, 5.74) is 0.686. The van der Waals surface area contributed by atoms with Gasteiger partial charge in [0.2, 0.25) is 0 Å². The second-order valence-corrected chi connectivity index (χ2v) is 7.27. The van der Waals surface area contributed by atoms with E-state index in [1.165, 1.54) is 0 Å². The van der Waals surface area contributed by atoms with E-state index in [4.69, 9.17) is 14.0 Å². The lowest BCUT2D eigenvalue weighted by atomic mass is 9.76. The number of carbonyl (C=O) groups is 1. The van der Waals surface area contributed by atoms with Gasteiger partial charge in [0.25, 0.3) is 5.91 Å². The van der Waals surface area contributed by atoms with Crippen molar-refractivity contribution in [2.75, 3.05) is 33.4 Å². The van der Waals surface area contributed by atoms with Gasteiger partial charge in [0.1, 0.15) is 5.76 Å². The number of hydrogen-bond acceptors (Lipinski definition) is 5. The number of likely N-dealkylation sites (tertiary alicyclic amines) is 1. The molecule has 1 amide bonds. The Hall–Kier alpha value is -1.40. The number of nitrogens with zero attached hydrogens (tertiary/aromatic N) is 2. The lowest BCUT2D eigenvalue weighted by molar-refractivity contribution is 0.0279. The van der Waals surface area contributed by atoms with E-state index in [0.29, 0.717) is 18.2 Å². The molecule has 1 saturated carbocycles. The van der Waals surface area contributed by atoms with Crippen LogP contribution in [0.15, 0.2) is 10.6 Å². The van der Waals surface area contributed by atoms with Gasteiger partial charge in [-0.25, -0.2) is 0 Å². The van der Waals surface area contributed by atoms with Gasteiger partial charge in [-0.05, 0) is 37.5 Å². The lowest BCUT2D eigenvalue weighted by Crippen LogP contribution is -2.43. The quantitative estimate of drug-likeness (QED) is 0.851. The molecule has 0 radical (unpaired) electrons. The van der Waals surface area contributed by atoms with Gasteiger partial charge in [-0.1, -0.05) is 5.16 Å². The van der Waals surface area contributed by atoms with Gasteiger partial charge in [0.05, 0.1) is 19.3 Å². The van der Waals surface area contributed by atoms with E-state index >= 15 is 0 Å². The zero-order chi connectivity index (χ0) is 15.9. The summed E-state index contributed by atoms with van der Waals surface area (Å²) >= 11 is 0. The van der Waals surface area contributed by atoms with Crippen molar-refractivity contribution in [2.24, 2.45) is 5.41 Å². The summed E-state index contributed by atoms with van der Waals surface area (Å²) in [5, 5.41) is 3.97. The number of piperidine rings is 1. The number of ether oxygens (including phenoxy) is 2. The highest BCUT2D eigenvalue weighted by molar-refractivity contribution is 5.92. The van der Waals surface area contributed by atoms with Crippen LogP contribution in [-0.4, -0.2) is 55.5 Å². The van der Waals surface area contributed by atoms with Crippen LogP contribution >= 0.6 is 0 Å². The van der Waals surface area contributed by atoms with E-state index in [-0.39, 0.29) is 17.4 Å². The van der Waals surface area contributed by atoms with Crippen molar-refractivity contribution in [3.8, 4) is 0 Å². The van der Waals surface area contributed by atoms with Crippen molar-refractivity contribution >= 4 is 5.91 Å². The Morgan fingerprint density at radius 1 is 1.43 bits per heavy atom. The van der Waals surface area contributed by atoms with Crippen molar-refractivity contribution in [2.45, 2.75) is 44.1 Å². The molecule has 3 fully saturated rings. The first-order valence-corrected chi connectivity index (χ1v) is 8.56. The maximum Gasteiger partial charge on any atom is 0.276 e. The Morgan fingerprint density at radius 3 is 2.91 bits per heavy atom. The van der Waals surface area contributed by atoms with Gasteiger partial charge in [-0.3, -0.25) is 4.79 Å². The number of aromatic nitrogens is 1. The summed E-state index contributed by atoms with van der Waals surface area (Å²) in [7, 11) is 1.71.